The second-order valence-electron chi connectivity index (χ2n) is 7.47. The Bertz CT molecular complexity index is 1090. The van der Waals surface area contributed by atoms with Crippen molar-refractivity contribution in [3.05, 3.63) is 40.2 Å². The molecule has 29 heavy (non-hydrogen) atoms. The van der Waals surface area contributed by atoms with Crippen LogP contribution in [-0.4, -0.2) is 40.3 Å². The summed E-state index contributed by atoms with van der Waals surface area (Å²) >= 11 is 0. The Morgan fingerprint density at radius 1 is 1.24 bits per heavy atom. The Morgan fingerprint density at radius 2 is 2.00 bits per heavy atom. The van der Waals surface area contributed by atoms with Gasteiger partial charge >= 0.3 is 0 Å². The Hall–Kier alpha value is -3.03. The first-order valence-corrected chi connectivity index (χ1v) is 10.0. The second-order valence-corrected chi connectivity index (χ2v) is 7.47. The number of benzene rings is 1. The number of H-pyrrole nitrogens is 1. The van der Waals surface area contributed by atoms with Gasteiger partial charge in [0.1, 0.15) is 0 Å². The topological polar surface area (TPSA) is 85.3 Å². The number of imidazole rings is 1. The Labute approximate surface area is 169 Å². The summed E-state index contributed by atoms with van der Waals surface area (Å²) in [5.41, 5.74) is 2.72. The molecule has 1 unspecified atom stereocenters. The Morgan fingerprint density at radius 3 is 2.72 bits per heavy atom. The van der Waals surface area contributed by atoms with Gasteiger partial charge in [0.2, 0.25) is 5.95 Å². The molecular formula is C21H27N5O3. The summed E-state index contributed by atoms with van der Waals surface area (Å²) in [6.45, 7) is 5.85. The van der Waals surface area contributed by atoms with Crippen LogP contribution in [0.4, 0.5) is 5.95 Å². The molecule has 154 valence electrons. The molecule has 1 aliphatic rings. The van der Waals surface area contributed by atoms with Gasteiger partial charge in [-0.05, 0) is 19.4 Å². The minimum atomic E-state index is -0.196. The highest BCUT2D eigenvalue weighted by Crippen LogP contribution is 2.31. The molecule has 2 aromatic heterocycles. The number of methoxy groups -OCH3 is 2. The van der Waals surface area contributed by atoms with Crippen molar-refractivity contribution in [2.24, 2.45) is 0 Å². The molecule has 0 amide bonds. The number of anilines is 1. The van der Waals surface area contributed by atoms with E-state index in [0.717, 1.165) is 31.5 Å². The molecular weight excluding hydrogens is 370 g/mol. The molecule has 0 saturated heterocycles. The van der Waals surface area contributed by atoms with Crippen LogP contribution >= 0.6 is 0 Å². The molecule has 1 aliphatic heterocycles. The average Bonchev–Trinajstić information content (AvgIpc) is 3.16. The normalized spacial score (nSPS) is 14.7. The fourth-order valence-electron chi connectivity index (χ4n) is 4.05. The lowest BCUT2D eigenvalue weighted by atomic mass is 10.1. The van der Waals surface area contributed by atoms with Crippen molar-refractivity contribution >= 4 is 16.9 Å². The molecule has 1 atom stereocenters. The van der Waals surface area contributed by atoms with E-state index in [9.17, 15) is 4.79 Å². The monoisotopic (exact) mass is 397 g/mol. The van der Waals surface area contributed by atoms with E-state index < -0.39 is 0 Å². The summed E-state index contributed by atoms with van der Waals surface area (Å²) in [5, 5.41) is 0.474. The van der Waals surface area contributed by atoms with E-state index in [-0.39, 0.29) is 5.56 Å². The Balaban J connectivity index is 1.67. The van der Waals surface area contributed by atoms with Crippen molar-refractivity contribution in [3.63, 3.8) is 0 Å². The number of nitrogens with zero attached hydrogens (tertiary/aromatic N) is 4. The quantitative estimate of drug-likeness (QED) is 0.688. The number of rotatable bonds is 6. The third kappa shape index (κ3) is 3.43. The van der Waals surface area contributed by atoms with Gasteiger partial charge in [-0.2, -0.15) is 0 Å². The molecule has 0 aliphatic carbocycles. The first-order valence-electron chi connectivity index (χ1n) is 10.0. The highest BCUT2D eigenvalue weighted by atomic mass is 16.5. The fraction of sp³-hybridized carbons (Fsp3) is 0.476. The molecule has 0 radical (unpaired) electrons. The van der Waals surface area contributed by atoms with Crippen LogP contribution in [0, 0.1) is 0 Å². The largest absolute Gasteiger partial charge is 0.493 e. The first-order chi connectivity index (χ1) is 14.0. The maximum absolute atomic E-state index is 12.7. The van der Waals surface area contributed by atoms with Crippen LogP contribution in [0.2, 0.25) is 0 Å². The summed E-state index contributed by atoms with van der Waals surface area (Å²) in [7, 11) is 3.12. The molecule has 8 nitrogen and oxygen atoms in total. The summed E-state index contributed by atoms with van der Waals surface area (Å²) in [4.78, 5) is 27.0. The van der Waals surface area contributed by atoms with E-state index in [2.05, 4.69) is 38.3 Å². The molecule has 0 fully saturated rings. The predicted molar refractivity (Wildman–Crippen MR) is 112 cm³/mol. The highest BCUT2D eigenvalue weighted by molar-refractivity contribution is 5.82. The third-order valence-corrected chi connectivity index (χ3v) is 5.62. The summed E-state index contributed by atoms with van der Waals surface area (Å²) in [6, 6.07) is 3.85. The number of nitrogens with one attached hydrogen (secondary N) is 1. The van der Waals surface area contributed by atoms with Crippen molar-refractivity contribution < 1.29 is 9.47 Å². The van der Waals surface area contributed by atoms with Crippen molar-refractivity contribution in [3.8, 4) is 11.5 Å². The predicted octanol–water partition coefficient (Wildman–Crippen LogP) is 3.06. The highest BCUT2D eigenvalue weighted by Gasteiger charge is 2.24. The zero-order valence-electron chi connectivity index (χ0n) is 17.4. The number of hydrogen-bond acceptors (Lipinski definition) is 6. The van der Waals surface area contributed by atoms with E-state index in [0.29, 0.717) is 40.9 Å². The van der Waals surface area contributed by atoms with E-state index in [1.807, 2.05) is 6.33 Å². The van der Waals surface area contributed by atoms with E-state index >= 15 is 0 Å². The molecule has 0 spiro atoms. The fourth-order valence-corrected chi connectivity index (χ4v) is 4.05. The number of hydrogen-bond donors (Lipinski definition) is 1. The molecule has 4 rings (SSSR count). The lowest BCUT2D eigenvalue weighted by Crippen LogP contribution is -2.34. The summed E-state index contributed by atoms with van der Waals surface area (Å²) < 4.78 is 13.0. The number of ether oxygens (including phenoxy) is 2. The van der Waals surface area contributed by atoms with Gasteiger partial charge in [0.25, 0.3) is 5.56 Å². The van der Waals surface area contributed by atoms with Crippen LogP contribution in [0.5, 0.6) is 11.5 Å². The Kier molecular flexibility index (Phi) is 5.17. The van der Waals surface area contributed by atoms with Gasteiger partial charge in [-0.25, -0.2) is 9.97 Å². The molecule has 3 heterocycles. The van der Waals surface area contributed by atoms with Gasteiger partial charge in [0.05, 0.1) is 43.7 Å². The zero-order chi connectivity index (χ0) is 20.5. The SMILES string of the molecule is CCCC(C)n1cnc2c1CCN(c1nc3cc(OC)c(OC)cc3c(=O)[nH]1)C2. The number of aromatic amines is 1. The van der Waals surface area contributed by atoms with Crippen LogP contribution in [0.15, 0.2) is 23.3 Å². The summed E-state index contributed by atoms with van der Waals surface area (Å²) in [6.07, 6.45) is 5.10. The van der Waals surface area contributed by atoms with Crippen molar-refractivity contribution in [2.45, 2.75) is 45.7 Å². The molecule has 1 N–H and O–H groups in total. The maximum Gasteiger partial charge on any atom is 0.260 e. The van der Waals surface area contributed by atoms with Crippen LogP contribution in [-0.2, 0) is 13.0 Å². The van der Waals surface area contributed by atoms with Crippen molar-refractivity contribution in [2.75, 3.05) is 25.7 Å². The zero-order valence-corrected chi connectivity index (χ0v) is 17.4. The van der Waals surface area contributed by atoms with Crippen LogP contribution in [0.3, 0.4) is 0 Å². The second kappa shape index (κ2) is 7.77. The van der Waals surface area contributed by atoms with Crippen molar-refractivity contribution in [1.82, 2.24) is 19.5 Å². The first kappa shape index (κ1) is 19.3. The molecule has 0 saturated carbocycles. The lowest BCUT2D eigenvalue weighted by molar-refractivity contribution is 0.355. The minimum Gasteiger partial charge on any atom is -0.493 e. The van der Waals surface area contributed by atoms with E-state index in [4.69, 9.17) is 9.47 Å². The molecule has 1 aromatic carbocycles. The third-order valence-electron chi connectivity index (χ3n) is 5.62. The van der Waals surface area contributed by atoms with Gasteiger partial charge < -0.3 is 18.9 Å². The summed E-state index contributed by atoms with van der Waals surface area (Å²) in [5.74, 6) is 1.61. The van der Waals surface area contributed by atoms with Crippen LogP contribution in [0.25, 0.3) is 10.9 Å². The number of fused-ring (bicyclic) bond motifs is 2. The maximum atomic E-state index is 12.7. The molecule has 3 aromatic rings. The molecule has 8 heteroatoms. The van der Waals surface area contributed by atoms with Gasteiger partial charge in [-0.15, -0.1) is 0 Å². The standard InChI is InChI=1S/C21H27N5O3/c1-5-6-13(2)26-12-22-16-11-25(8-7-17(16)26)21-23-15-10-19(29-4)18(28-3)9-14(15)20(27)24-21/h9-10,12-13H,5-8,11H2,1-4H3,(H,23,24,27). The van der Waals surface area contributed by atoms with Gasteiger partial charge in [0.15, 0.2) is 11.5 Å². The van der Waals surface area contributed by atoms with E-state index in [1.54, 1.807) is 26.4 Å². The lowest BCUT2D eigenvalue weighted by Gasteiger charge is -2.28. The van der Waals surface area contributed by atoms with E-state index in [1.165, 1.54) is 5.69 Å². The smallest absolute Gasteiger partial charge is 0.260 e. The molecule has 0 bridgehead atoms. The van der Waals surface area contributed by atoms with Crippen molar-refractivity contribution in [1.29, 1.82) is 0 Å². The van der Waals surface area contributed by atoms with Crippen LogP contribution < -0.4 is 19.9 Å². The van der Waals surface area contributed by atoms with Gasteiger partial charge in [-0.1, -0.05) is 13.3 Å². The number of aromatic nitrogens is 4. The van der Waals surface area contributed by atoms with Gasteiger partial charge in [-0.3, -0.25) is 9.78 Å². The van der Waals surface area contributed by atoms with Gasteiger partial charge in [0, 0.05) is 30.8 Å². The van der Waals surface area contributed by atoms with Crippen LogP contribution in [0.1, 0.15) is 44.1 Å². The minimum absolute atomic E-state index is 0.196. The average molecular weight is 397 g/mol.